The molecule has 2 heterocycles. The Morgan fingerprint density at radius 2 is 2.03 bits per heavy atom. The highest BCUT2D eigenvalue weighted by molar-refractivity contribution is 6.31. The summed E-state index contributed by atoms with van der Waals surface area (Å²) < 4.78 is 15.4. The Balaban J connectivity index is 1.98. The van der Waals surface area contributed by atoms with Crippen LogP contribution in [0.3, 0.4) is 0 Å². The fourth-order valence-corrected chi connectivity index (χ4v) is 2.94. The summed E-state index contributed by atoms with van der Waals surface area (Å²) in [5.74, 6) is -0.555. The Morgan fingerprint density at radius 1 is 1.31 bits per heavy atom. The van der Waals surface area contributed by atoms with Gasteiger partial charge in [0.25, 0.3) is 5.56 Å². The first-order valence-corrected chi connectivity index (χ1v) is 9.34. The van der Waals surface area contributed by atoms with Crippen molar-refractivity contribution in [3.8, 4) is 5.95 Å². The Labute approximate surface area is 171 Å². The molecule has 3 aromatic rings. The van der Waals surface area contributed by atoms with Crippen LogP contribution in [0.25, 0.3) is 5.95 Å². The van der Waals surface area contributed by atoms with Gasteiger partial charge in [-0.15, -0.1) is 0 Å². The van der Waals surface area contributed by atoms with E-state index in [2.05, 4.69) is 20.4 Å². The minimum Gasteiger partial charge on any atom is -0.310 e. The lowest BCUT2D eigenvalue weighted by molar-refractivity contribution is -0.115. The zero-order valence-corrected chi connectivity index (χ0v) is 17.3. The fourth-order valence-electron chi connectivity index (χ4n) is 2.71. The van der Waals surface area contributed by atoms with E-state index in [1.807, 2.05) is 20.8 Å². The first-order valence-electron chi connectivity index (χ1n) is 8.96. The highest BCUT2D eigenvalue weighted by Gasteiger charge is 2.23. The molecule has 1 aromatic carbocycles. The van der Waals surface area contributed by atoms with Gasteiger partial charge in [0.1, 0.15) is 11.6 Å². The summed E-state index contributed by atoms with van der Waals surface area (Å²) in [5, 5.41) is 7.39. The minimum atomic E-state index is -0.554. The SMILES string of the molecule is Cc1cc(=O)[nH]c(-n2nc(C(C)(C)C)cc2NC(=O)Cc2c(F)cccc2Cl)n1. The van der Waals surface area contributed by atoms with Crippen LogP contribution in [0.5, 0.6) is 0 Å². The number of benzene rings is 1. The number of H-pyrrole nitrogens is 1. The van der Waals surface area contributed by atoms with Crippen LogP contribution < -0.4 is 10.9 Å². The Morgan fingerprint density at radius 3 is 2.66 bits per heavy atom. The molecule has 0 spiro atoms. The number of halogens is 2. The van der Waals surface area contributed by atoms with Crippen molar-refractivity contribution in [3.63, 3.8) is 0 Å². The van der Waals surface area contributed by atoms with Gasteiger partial charge in [-0.1, -0.05) is 38.4 Å². The van der Waals surface area contributed by atoms with Crippen LogP contribution >= 0.6 is 11.6 Å². The van der Waals surface area contributed by atoms with Gasteiger partial charge >= 0.3 is 0 Å². The molecule has 152 valence electrons. The van der Waals surface area contributed by atoms with Crippen molar-refractivity contribution in [2.75, 3.05) is 5.32 Å². The van der Waals surface area contributed by atoms with Gasteiger partial charge in [-0.25, -0.2) is 9.37 Å². The molecule has 9 heteroatoms. The average Bonchev–Trinajstić information content (AvgIpc) is 3.01. The molecule has 29 heavy (non-hydrogen) atoms. The van der Waals surface area contributed by atoms with Crippen LogP contribution in [0.4, 0.5) is 10.2 Å². The maximum absolute atomic E-state index is 14.0. The molecular formula is C20H21ClFN5O2. The zero-order valence-electron chi connectivity index (χ0n) is 16.5. The summed E-state index contributed by atoms with van der Waals surface area (Å²) in [6, 6.07) is 7.30. The van der Waals surface area contributed by atoms with Crippen molar-refractivity contribution in [1.29, 1.82) is 0 Å². The van der Waals surface area contributed by atoms with E-state index in [1.54, 1.807) is 13.0 Å². The van der Waals surface area contributed by atoms with Crippen LogP contribution in [0.2, 0.25) is 5.02 Å². The molecule has 7 nitrogen and oxygen atoms in total. The largest absolute Gasteiger partial charge is 0.310 e. The first-order chi connectivity index (χ1) is 13.5. The maximum atomic E-state index is 14.0. The molecule has 0 fully saturated rings. The second kappa shape index (κ2) is 7.79. The maximum Gasteiger partial charge on any atom is 0.252 e. The number of carbonyl (C=O) groups excluding carboxylic acids is 1. The number of nitrogens with one attached hydrogen (secondary N) is 2. The summed E-state index contributed by atoms with van der Waals surface area (Å²) >= 11 is 6.02. The van der Waals surface area contributed by atoms with Crippen LogP contribution in [-0.4, -0.2) is 25.7 Å². The molecule has 0 atom stereocenters. The smallest absolute Gasteiger partial charge is 0.252 e. The lowest BCUT2D eigenvalue weighted by Gasteiger charge is -2.13. The van der Waals surface area contributed by atoms with E-state index in [0.29, 0.717) is 17.2 Å². The average molecular weight is 418 g/mol. The van der Waals surface area contributed by atoms with E-state index in [4.69, 9.17) is 11.6 Å². The number of hydrogen-bond acceptors (Lipinski definition) is 4. The van der Waals surface area contributed by atoms with Crippen LogP contribution in [-0.2, 0) is 16.6 Å². The normalized spacial score (nSPS) is 11.5. The van der Waals surface area contributed by atoms with Crippen molar-refractivity contribution >= 4 is 23.3 Å². The van der Waals surface area contributed by atoms with E-state index in [0.717, 1.165) is 0 Å². The van der Waals surface area contributed by atoms with E-state index < -0.39 is 11.7 Å². The number of rotatable bonds is 4. The van der Waals surface area contributed by atoms with Gasteiger partial charge in [-0.3, -0.25) is 14.6 Å². The number of aromatic amines is 1. The predicted molar refractivity (Wildman–Crippen MR) is 109 cm³/mol. The van der Waals surface area contributed by atoms with Crippen molar-refractivity contribution < 1.29 is 9.18 Å². The van der Waals surface area contributed by atoms with Crippen molar-refractivity contribution in [2.24, 2.45) is 0 Å². The minimum absolute atomic E-state index is 0.107. The Bertz CT molecular complexity index is 1110. The molecule has 0 aliphatic carbocycles. The molecule has 0 saturated heterocycles. The van der Waals surface area contributed by atoms with E-state index in [1.165, 1.54) is 28.9 Å². The quantitative estimate of drug-likeness (QED) is 0.679. The molecule has 1 amide bonds. The number of hydrogen-bond donors (Lipinski definition) is 2. The molecular weight excluding hydrogens is 397 g/mol. The fraction of sp³-hybridized carbons (Fsp3) is 0.300. The highest BCUT2D eigenvalue weighted by atomic mass is 35.5. The van der Waals surface area contributed by atoms with Crippen LogP contribution in [0.1, 0.15) is 37.7 Å². The number of aromatic nitrogens is 4. The van der Waals surface area contributed by atoms with Crippen LogP contribution in [0.15, 0.2) is 35.1 Å². The standard InChI is InChI=1S/C20H21ClFN5O2/c1-11-8-17(28)25-19(23-11)27-16(10-15(26-27)20(2,3)4)24-18(29)9-12-13(21)6-5-7-14(12)22/h5-8,10H,9H2,1-4H3,(H,24,29)(H,23,25,28). The summed E-state index contributed by atoms with van der Waals surface area (Å²) in [4.78, 5) is 31.4. The summed E-state index contributed by atoms with van der Waals surface area (Å²) in [6.45, 7) is 7.59. The van der Waals surface area contributed by atoms with E-state index in [-0.39, 0.29) is 33.9 Å². The number of anilines is 1. The van der Waals surface area contributed by atoms with Crippen molar-refractivity contribution in [1.82, 2.24) is 19.7 Å². The number of nitrogens with zero attached hydrogens (tertiary/aromatic N) is 3. The molecule has 0 aliphatic heterocycles. The van der Waals surface area contributed by atoms with Gasteiger partial charge in [0.2, 0.25) is 11.9 Å². The third-order valence-corrected chi connectivity index (χ3v) is 4.56. The summed E-state index contributed by atoms with van der Waals surface area (Å²) in [6.07, 6.45) is -0.251. The summed E-state index contributed by atoms with van der Waals surface area (Å²) in [7, 11) is 0. The number of carbonyl (C=O) groups is 1. The molecule has 2 aromatic heterocycles. The van der Waals surface area contributed by atoms with Gasteiger partial charge in [0.15, 0.2) is 0 Å². The molecule has 3 rings (SSSR count). The van der Waals surface area contributed by atoms with E-state index >= 15 is 0 Å². The van der Waals surface area contributed by atoms with Gasteiger partial charge in [0.05, 0.1) is 12.1 Å². The highest BCUT2D eigenvalue weighted by Crippen LogP contribution is 2.26. The van der Waals surface area contributed by atoms with Crippen molar-refractivity contribution in [3.05, 3.63) is 68.5 Å². The Kier molecular flexibility index (Phi) is 5.57. The van der Waals surface area contributed by atoms with Gasteiger partial charge < -0.3 is 5.32 Å². The van der Waals surface area contributed by atoms with Gasteiger partial charge in [-0.2, -0.15) is 9.78 Å². The lowest BCUT2D eigenvalue weighted by atomic mass is 9.92. The molecule has 2 N–H and O–H groups in total. The van der Waals surface area contributed by atoms with Crippen LogP contribution in [0, 0.1) is 12.7 Å². The lowest BCUT2D eigenvalue weighted by Crippen LogP contribution is -2.20. The molecule has 0 saturated carbocycles. The van der Waals surface area contributed by atoms with Gasteiger partial charge in [0, 0.05) is 33.8 Å². The second-order valence-corrected chi connectivity index (χ2v) is 8.12. The predicted octanol–water partition coefficient (Wildman–Crippen LogP) is 3.54. The number of aryl methyl sites for hydroxylation is 1. The Hall–Kier alpha value is -3.00. The zero-order chi connectivity index (χ0) is 21.3. The first kappa shape index (κ1) is 20.7. The van der Waals surface area contributed by atoms with Gasteiger partial charge in [-0.05, 0) is 19.1 Å². The third kappa shape index (κ3) is 4.71. The topological polar surface area (TPSA) is 92.7 Å². The monoisotopic (exact) mass is 417 g/mol. The second-order valence-electron chi connectivity index (χ2n) is 7.71. The summed E-state index contributed by atoms with van der Waals surface area (Å²) in [5.41, 5.74) is 0.642. The van der Waals surface area contributed by atoms with Crippen molar-refractivity contribution in [2.45, 2.75) is 39.5 Å². The molecule has 0 radical (unpaired) electrons. The third-order valence-electron chi connectivity index (χ3n) is 4.20. The molecule has 0 aliphatic rings. The van der Waals surface area contributed by atoms with E-state index in [9.17, 15) is 14.0 Å². The number of amides is 1. The molecule has 0 unspecified atom stereocenters. The molecule has 0 bridgehead atoms.